The zero-order valence-corrected chi connectivity index (χ0v) is 11.1. The molecule has 0 radical (unpaired) electrons. The first kappa shape index (κ1) is 11.6. The predicted molar refractivity (Wildman–Crippen MR) is 69.7 cm³/mol. The third-order valence-corrected chi connectivity index (χ3v) is 3.28. The summed E-state index contributed by atoms with van der Waals surface area (Å²) in [4.78, 5) is 0. The Balaban J connectivity index is 1.79. The van der Waals surface area contributed by atoms with E-state index >= 15 is 0 Å². The molecule has 0 aliphatic carbocycles. The summed E-state index contributed by atoms with van der Waals surface area (Å²) >= 11 is 3.26. The van der Waals surface area contributed by atoms with E-state index in [0.717, 1.165) is 11.5 Å². The monoisotopic (exact) mass is 309 g/mol. The first-order chi connectivity index (χ1) is 8.74. The third kappa shape index (κ3) is 2.11. The van der Waals surface area contributed by atoms with Gasteiger partial charge in [0.1, 0.15) is 18.4 Å². The zero-order chi connectivity index (χ0) is 12.5. The van der Waals surface area contributed by atoms with Crippen molar-refractivity contribution in [2.24, 2.45) is 5.73 Å². The smallest absolute Gasteiger partial charge is 0.169 e. The van der Waals surface area contributed by atoms with Gasteiger partial charge in [-0.15, -0.1) is 0 Å². The van der Waals surface area contributed by atoms with E-state index in [-0.39, 0.29) is 12.1 Å². The molecule has 0 fully saturated rings. The van der Waals surface area contributed by atoms with Crippen LogP contribution in [0.4, 0.5) is 0 Å². The van der Waals surface area contributed by atoms with Crippen LogP contribution < -0.4 is 15.2 Å². The van der Waals surface area contributed by atoms with Crippen molar-refractivity contribution in [3.05, 3.63) is 46.8 Å². The summed E-state index contributed by atoms with van der Waals surface area (Å²) in [7, 11) is 0. The van der Waals surface area contributed by atoms with E-state index in [1.165, 1.54) is 0 Å². The SMILES string of the molecule is NC(c1ccc(Br)o1)C1COc2ccccc2O1. The minimum atomic E-state index is -0.357. The van der Waals surface area contributed by atoms with E-state index in [9.17, 15) is 0 Å². The molecule has 3 rings (SSSR count). The van der Waals surface area contributed by atoms with Crippen molar-refractivity contribution >= 4 is 15.9 Å². The Hall–Kier alpha value is -1.46. The highest BCUT2D eigenvalue weighted by molar-refractivity contribution is 9.10. The molecule has 2 atom stereocenters. The van der Waals surface area contributed by atoms with Crippen LogP contribution in [0.15, 0.2) is 45.5 Å². The summed E-state index contributed by atoms with van der Waals surface area (Å²) in [6.45, 7) is 0.413. The maximum Gasteiger partial charge on any atom is 0.169 e. The van der Waals surface area contributed by atoms with E-state index < -0.39 is 0 Å². The molecule has 2 aromatic rings. The maximum atomic E-state index is 6.12. The number of rotatable bonds is 2. The van der Waals surface area contributed by atoms with Crippen molar-refractivity contribution < 1.29 is 13.9 Å². The van der Waals surface area contributed by atoms with E-state index in [1.54, 1.807) is 0 Å². The lowest BCUT2D eigenvalue weighted by Gasteiger charge is -2.29. The van der Waals surface area contributed by atoms with Crippen molar-refractivity contribution in [2.75, 3.05) is 6.61 Å². The van der Waals surface area contributed by atoms with Gasteiger partial charge >= 0.3 is 0 Å². The van der Waals surface area contributed by atoms with Crippen LogP contribution in [0.25, 0.3) is 0 Å². The number of ether oxygens (including phenoxy) is 2. The Morgan fingerprint density at radius 3 is 2.67 bits per heavy atom. The molecule has 0 saturated heterocycles. The minimum Gasteiger partial charge on any atom is -0.486 e. The van der Waals surface area contributed by atoms with Gasteiger partial charge in [-0.25, -0.2) is 0 Å². The van der Waals surface area contributed by atoms with Crippen LogP contribution in [0.2, 0.25) is 0 Å². The van der Waals surface area contributed by atoms with E-state index in [0.29, 0.717) is 17.0 Å². The summed E-state index contributed by atoms with van der Waals surface area (Å²) in [5.74, 6) is 2.14. The highest BCUT2D eigenvalue weighted by Crippen LogP contribution is 2.34. The van der Waals surface area contributed by atoms with E-state index in [1.807, 2.05) is 36.4 Å². The van der Waals surface area contributed by atoms with E-state index in [4.69, 9.17) is 19.6 Å². The van der Waals surface area contributed by atoms with Gasteiger partial charge in [0.15, 0.2) is 22.3 Å². The molecule has 2 unspecified atom stereocenters. The maximum absolute atomic E-state index is 6.12. The predicted octanol–water partition coefficient (Wildman–Crippen LogP) is 2.88. The molecule has 1 aromatic carbocycles. The van der Waals surface area contributed by atoms with Crippen molar-refractivity contribution in [3.8, 4) is 11.5 Å². The number of benzene rings is 1. The molecule has 4 nitrogen and oxygen atoms in total. The summed E-state index contributed by atoms with van der Waals surface area (Å²) in [6, 6.07) is 10.8. The molecule has 2 N–H and O–H groups in total. The zero-order valence-electron chi connectivity index (χ0n) is 9.51. The number of hydrogen-bond donors (Lipinski definition) is 1. The molecule has 2 heterocycles. The lowest BCUT2D eigenvalue weighted by atomic mass is 10.1. The lowest BCUT2D eigenvalue weighted by Crippen LogP contribution is -2.38. The average Bonchev–Trinajstić information content (AvgIpc) is 2.84. The van der Waals surface area contributed by atoms with Crippen LogP contribution in [-0.2, 0) is 0 Å². The second-order valence-corrected chi connectivity index (χ2v) is 4.86. The van der Waals surface area contributed by atoms with Crippen LogP contribution in [0, 0.1) is 0 Å². The normalized spacial score (nSPS) is 19.6. The molecule has 0 bridgehead atoms. The topological polar surface area (TPSA) is 57.6 Å². The van der Waals surface area contributed by atoms with Gasteiger partial charge in [0, 0.05) is 0 Å². The Morgan fingerprint density at radius 1 is 1.17 bits per heavy atom. The number of fused-ring (bicyclic) bond motifs is 1. The van der Waals surface area contributed by atoms with Crippen LogP contribution in [0.3, 0.4) is 0 Å². The molecule has 1 aliphatic heterocycles. The molecule has 1 aromatic heterocycles. The quantitative estimate of drug-likeness (QED) is 0.926. The van der Waals surface area contributed by atoms with Gasteiger partial charge in [0.2, 0.25) is 0 Å². The van der Waals surface area contributed by atoms with Crippen LogP contribution in [-0.4, -0.2) is 12.7 Å². The average molecular weight is 310 g/mol. The molecule has 5 heteroatoms. The van der Waals surface area contributed by atoms with Crippen LogP contribution in [0.1, 0.15) is 11.8 Å². The van der Waals surface area contributed by atoms with Crippen molar-refractivity contribution in [1.29, 1.82) is 0 Å². The Labute approximate surface area is 113 Å². The van der Waals surface area contributed by atoms with Crippen molar-refractivity contribution in [3.63, 3.8) is 0 Å². The first-order valence-electron chi connectivity index (χ1n) is 5.63. The number of hydrogen-bond acceptors (Lipinski definition) is 4. The molecule has 18 heavy (non-hydrogen) atoms. The van der Waals surface area contributed by atoms with Crippen molar-refractivity contribution in [1.82, 2.24) is 0 Å². The van der Waals surface area contributed by atoms with Crippen LogP contribution in [0.5, 0.6) is 11.5 Å². The summed E-state index contributed by atoms with van der Waals surface area (Å²) < 4.78 is 17.6. The van der Waals surface area contributed by atoms with E-state index in [2.05, 4.69) is 15.9 Å². The Bertz CT molecular complexity index is 555. The van der Waals surface area contributed by atoms with Gasteiger partial charge in [0.05, 0.1) is 0 Å². The first-order valence-corrected chi connectivity index (χ1v) is 6.42. The second-order valence-electron chi connectivity index (χ2n) is 4.08. The highest BCUT2D eigenvalue weighted by Gasteiger charge is 2.29. The Morgan fingerprint density at radius 2 is 1.94 bits per heavy atom. The highest BCUT2D eigenvalue weighted by atomic mass is 79.9. The van der Waals surface area contributed by atoms with Gasteiger partial charge in [-0.2, -0.15) is 0 Å². The molecule has 0 saturated carbocycles. The van der Waals surface area contributed by atoms with Gasteiger partial charge in [-0.3, -0.25) is 0 Å². The fourth-order valence-electron chi connectivity index (χ4n) is 1.90. The largest absolute Gasteiger partial charge is 0.486 e. The molecule has 0 spiro atoms. The van der Waals surface area contributed by atoms with Gasteiger partial charge in [-0.1, -0.05) is 12.1 Å². The molecule has 94 valence electrons. The number of para-hydroxylation sites is 2. The standard InChI is InChI=1S/C13H12BrNO3/c14-12-6-5-10(18-12)13(15)11-7-16-8-3-1-2-4-9(8)17-11/h1-6,11,13H,7,15H2. The molecular weight excluding hydrogens is 298 g/mol. The molecule has 1 aliphatic rings. The molecule has 0 amide bonds. The number of nitrogens with two attached hydrogens (primary N) is 1. The molecular formula is C13H12BrNO3. The second kappa shape index (κ2) is 4.66. The van der Waals surface area contributed by atoms with Gasteiger partial charge in [-0.05, 0) is 40.2 Å². The summed E-state index contributed by atoms with van der Waals surface area (Å²) in [5.41, 5.74) is 6.12. The Kier molecular flexibility index (Phi) is 3.01. The lowest BCUT2D eigenvalue weighted by molar-refractivity contribution is 0.0665. The summed E-state index contributed by atoms with van der Waals surface area (Å²) in [6.07, 6.45) is -0.252. The number of halogens is 1. The fraction of sp³-hybridized carbons (Fsp3) is 0.231. The third-order valence-electron chi connectivity index (χ3n) is 2.85. The summed E-state index contributed by atoms with van der Waals surface area (Å²) in [5, 5.41) is 0. The van der Waals surface area contributed by atoms with Gasteiger partial charge in [0.25, 0.3) is 0 Å². The van der Waals surface area contributed by atoms with Gasteiger partial charge < -0.3 is 19.6 Å². The number of furan rings is 1. The minimum absolute atomic E-state index is 0.252. The van der Waals surface area contributed by atoms with Crippen molar-refractivity contribution in [2.45, 2.75) is 12.1 Å². The van der Waals surface area contributed by atoms with Crippen LogP contribution >= 0.6 is 15.9 Å². The fourth-order valence-corrected chi connectivity index (χ4v) is 2.22.